The molecule has 0 spiro atoms. The lowest BCUT2D eigenvalue weighted by Crippen LogP contribution is -2.24. The highest BCUT2D eigenvalue weighted by molar-refractivity contribution is 5.76. The van der Waals surface area contributed by atoms with Gasteiger partial charge in [-0.05, 0) is 18.2 Å². The minimum Gasteiger partial charge on any atom is -0.405 e. The Morgan fingerprint density at radius 1 is 1.10 bits per heavy atom. The minimum atomic E-state index is -4.80. The summed E-state index contributed by atoms with van der Waals surface area (Å²) >= 11 is 0. The largest absolute Gasteiger partial charge is 0.573 e. The maximum absolute atomic E-state index is 12.7. The number of aromatic nitrogens is 4. The number of hydrogen-bond donors (Lipinski definition) is 1. The van der Waals surface area contributed by atoms with Crippen molar-refractivity contribution in [1.82, 2.24) is 19.7 Å². The molecule has 10 heteroatoms. The molecule has 0 aliphatic carbocycles. The van der Waals surface area contributed by atoms with E-state index >= 15 is 0 Å². The monoisotopic (exact) mass is 415 g/mol. The highest BCUT2D eigenvalue weighted by Crippen LogP contribution is 2.27. The van der Waals surface area contributed by atoms with E-state index in [1.807, 2.05) is 30.3 Å². The first-order valence-corrected chi connectivity index (χ1v) is 8.90. The molecule has 0 bridgehead atoms. The summed E-state index contributed by atoms with van der Waals surface area (Å²) in [6.45, 7) is 0.0280. The van der Waals surface area contributed by atoms with Crippen LogP contribution in [0.15, 0.2) is 65.6 Å². The highest BCUT2D eigenvalue weighted by Gasteiger charge is 2.32. The van der Waals surface area contributed by atoms with Gasteiger partial charge in [0.1, 0.15) is 11.1 Å². The zero-order valence-electron chi connectivity index (χ0n) is 15.7. The van der Waals surface area contributed by atoms with Gasteiger partial charge < -0.3 is 9.64 Å². The summed E-state index contributed by atoms with van der Waals surface area (Å²) in [5.41, 5.74) is 0.954. The van der Waals surface area contributed by atoms with Crippen LogP contribution in [0.1, 0.15) is 5.56 Å². The SMILES string of the molecule is CN(Cc1ccccc1OC(F)(F)F)c1nc2c(cnn2-c2ccccc2)c(=O)[nH]1. The second-order valence-corrected chi connectivity index (χ2v) is 6.53. The van der Waals surface area contributed by atoms with Crippen LogP contribution in [0.4, 0.5) is 19.1 Å². The predicted molar refractivity (Wildman–Crippen MR) is 105 cm³/mol. The van der Waals surface area contributed by atoms with Crippen LogP contribution in [0.2, 0.25) is 0 Å². The number of aromatic amines is 1. The fourth-order valence-electron chi connectivity index (χ4n) is 3.03. The van der Waals surface area contributed by atoms with Crippen LogP contribution >= 0.6 is 0 Å². The zero-order chi connectivity index (χ0) is 21.3. The lowest BCUT2D eigenvalue weighted by atomic mass is 10.2. The molecule has 4 rings (SSSR count). The summed E-state index contributed by atoms with van der Waals surface area (Å²) in [7, 11) is 1.61. The van der Waals surface area contributed by atoms with Crippen molar-refractivity contribution in [2.24, 2.45) is 0 Å². The average molecular weight is 415 g/mol. The van der Waals surface area contributed by atoms with Gasteiger partial charge in [0.15, 0.2) is 5.65 Å². The third kappa shape index (κ3) is 3.97. The number of fused-ring (bicyclic) bond motifs is 1. The topological polar surface area (TPSA) is 76.0 Å². The third-order valence-corrected chi connectivity index (χ3v) is 4.39. The van der Waals surface area contributed by atoms with Crippen LogP contribution in [-0.2, 0) is 6.54 Å². The first-order chi connectivity index (χ1) is 14.3. The summed E-state index contributed by atoms with van der Waals surface area (Å²) in [6.07, 6.45) is -3.38. The van der Waals surface area contributed by atoms with Crippen molar-refractivity contribution in [2.75, 3.05) is 11.9 Å². The molecule has 2 heterocycles. The van der Waals surface area contributed by atoms with Gasteiger partial charge in [-0.15, -0.1) is 13.2 Å². The number of nitrogens with zero attached hydrogens (tertiary/aromatic N) is 4. The molecule has 0 aliphatic heterocycles. The Kier molecular flexibility index (Phi) is 4.90. The number of rotatable bonds is 5. The molecule has 0 aliphatic rings. The molecule has 0 radical (unpaired) electrons. The number of anilines is 1. The van der Waals surface area contributed by atoms with Crippen LogP contribution in [0.5, 0.6) is 5.75 Å². The normalized spacial score (nSPS) is 11.6. The van der Waals surface area contributed by atoms with E-state index in [0.29, 0.717) is 11.0 Å². The molecule has 0 atom stereocenters. The quantitative estimate of drug-likeness (QED) is 0.539. The molecule has 154 valence electrons. The van der Waals surface area contributed by atoms with E-state index in [1.54, 1.807) is 13.1 Å². The fraction of sp³-hybridized carbons (Fsp3) is 0.150. The number of alkyl halides is 3. The van der Waals surface area contributed by atoms with Gasteiger partial charge in [0.2, 0.25) is 5.95 Å². The lowest BCUT2D eigenvalue weighted by molar-refractivity contribution is -0.274. The van der Waals surface area contributed by atoms with Gasteiger partial charge in [0.05, 0.1) is 11.9 Å². The molecule has 0 unspecified atom stereocenters. The Labute approximate surface area is 168 Å². The summed E-state index contributed by atoms with van der Waals surface area (Å²) < 4.78 is 43.6. The minimum absolute atomic E-state index is 0.0280. The van der Waals surface area contributed by atoms with E-state index in [2.05, 4.69) is 19.8 Å². The van der Waals surface area contributed by atoms with Crippen molar-refractivity contribution < 1.29 is 17.9 Å². The maximum Gasteiger partial charge on any atom is 0.573 e. The molecule has 0 saturated heterocycles. The molecular formula is C20H16F3N5O2. The number of H-pyrrole nitrogens is 1. The number of hydrogen-bond acceptors (Lipinski definition) is 5. The Morgan fingerprint density at radius 3 is 2.53 bits per heavy atom. The molecule has 1 N–H and O–H groups in total. The first kappa shape index (κ1) is 19.5. The molecule has 2 aromatic heterocycles. The Hall–Kier alpha value is -3.82. The maximum atomic E-state index is 12.7. The van der Waals surface area contributed by atoms with Gasteiger partial charge >= 0.3 is 6.36 Å². The number of nitrogens with one attached hydrogen (secondary N) is 1. The van der Waals surface area contributed by atoms with Crippen LogP contribution in [-0.4, -0.2) is 33.2 Å². The molecule has 30 heavy (non-hydrogen) atoms. The Bertz CT molecular complexity index is 1230. The second-order valence-electron chi connectivity index (χ2n) is 6.53. The van der Waals surface area contributed by atoms with Gasteiger partial charge in [-0.3, -0.25) is 9.78 Å². The molecule has 0 saturated carbocycles. The molecule has 4 aromatic rings. The van der Waals surface area contributed by atoms with Gasteiger partial charge in [-0.1, -0.05) is 36.4 Å². The summed E-state index contributed by atoms with van der Waals surface area (Å²) in [4.78, 5) is 21.2. The van der Waals surface area contributed by atoms with Crippen molar-refractivity contribution in [3.05, 3.63) is 76.7 Å². The van der Waals surface area contributed by atoms with E-state index in [1.165, 1.54) is 34.0 Å². The van der Waals surface area contributed by atoms with E-state index in [9.17, 15) is 18.0 Å². The average Bonchev–Trinajstić information content (AvgIpc) is 3.13. The Balaban J connectivity index is 1.70. The van der Waals surface area contributed by atoms with Crippen LogP contribution in [0, 0.1) is 0 Å². The summed E-state index contributed by atoms with van der Waals surface area (Å²) in [6, 6.07) is 15.0. The van der Waals surface area contributed by atoms with E-state index in [4.69, 9.17) is 0 Å². The smallest absolute Gasteiger partial charge is 0.405 e. The molecule has 7 nitrogen and oxygen atoms in total. The van der Waals surface area contributed by atoms with Gasteiger partial charge in [0, 0.05) is 19.2 Å². The van der Waals surface area contributed by atoms with Crippen molar-refractivity contribution in [3.63, 3.8) is 0 Å². The molecule has 0 fully saturated rings. The third-order valence-electron chi connectivity index (χ3n) is 4.39. The van der Waals surface area contributed by atoms with Gasteiger partial charge in [0.25, 0.3) is 5.56 Å². The molecule has 2 aromatic carbocycles. The second kappa shape index (κ2) is 7.54. The van der Waals surface area contributed by atoms with E-state index < -0.39 is 11.9 Å². The predicted octanol–water partition coefficient (Wildman–Crippen LogP) is 3.64. The van der Waals surface area contributed by atoms with Crippen molar-refractivity contribution >= 4 is 17.0 Å². The van der Waals surface area contributed by atoms with Crippen LogP contribution < -0.4 is 15.2 Å². The van der Waals surface area contributed by atoms with Gasteiger partial charge in [-0.25, -0.2) is 4.68 Å². The van der Waals surface area contributed by atoms with E-state index in [-0.39, 0.29) is 23.8 Å². The van der Waals surface area contributed by atoms with Crippen molar-refractivity contribution in [1.29, 1.82) is 0 Å². The standard InChI is InChI=1S/C20H16F3N5O2/c1-27(12-13-7-5-6-10-16(13)30-20(21,22)23)19-25-17-15(18(29)26-19)11-24-28(17)14-8-3-2-4-9-14/h2-11H,12H2,1H3,(H,25,26,29). The van der Waals surface area contributed by atoms with Crippen molar-refractivity contribution in [2.45, 2.75) is 12.9 Å². The zero-order valence-corrected chi connectivity index (χ0v) is 15.7. The first-order valence-electron chi connectivity index (χ1n) is 8.90. The molecule has 0 amide bonds. The number of para-hydroxylation sites is 2. The summed E-state index contributed by atoms with van der Waals surface area (Å²) in [5.74, 6) is -0.124. The van der Waals surface area contributed by atoms with Gasteiger partial charge in [-0.2, -0.15) is 10.1 Å². The molecular weight excluding hydrogens is 399 g/mol. The number of ether oxygens (including phenoxy) is 1. The Morgan fingerprint density at radius 2 is 1.80 bits per heavy atom. The van der Waals surface area contributed by atoms with Crippen molar-refractivity contribution in [3.8, 4) is 11.4 Å². The summed E-state index contributed by atoms with van der Waals surface area (Å²) in [5, 5.41) is 4.54. The number of benzene rings is 2. The van der Waals surface area contributed by atoms with E-state index in [0.717, 1.165) is 5.69 Å². The highest BCUT2D eigenvalue weighted by atomic mass is 19.4. The van der Waals surface area contributed by atoms with Crippen LogP contribution in [0.25, 0.3) is 16.7 Å². The lowest BCUT2D eigenvalue weighted by Gasteiger charge is -2.20. The van der Waals surface area contributed by atoms with Crippen LogP contribution in [0.3, 0.4) is 0 Å². The fourth-order valence-corrected chi connectivity index (χ4v) is 3.03. The number of halogens is 3.